The van der Waals surface area contributed by atoms with E-state index in [4.69, 9.17) is 4.74 Å². The van der Waals surface area contributed by atoms with Crippen LogP contribution in [0.4, 0.5) is 0 Å². The molecule has 1 aromatic rings. The molecule has 0 aliphatic rings. The third kappa shape index (κ3) is 3.08. The summed E-state index contributed by atoms with van der Waals surface area (Å²) in [5.74, 6) is 0. The highest BCUT2D eigenvalue weighted by atomic mass is 32.1. The van der Waals surface area contributed by atoms with E-state index in [-0.39, 0.29) is 6.10 Å². The van der Waals surface area contributed by atoms with Crippen molar-refractivity contribution in [3.05, 3.63) is 21.9 Å². The Balaban J connectivity index is 2.51. The van der Waals surface area contributed by atoms with E-state index in [1.54, 1.807) is 18.4 Å². The lowest BCUT2D eigenvalue weighted by Crippen LogP contribution is -2.26. The SMILES string of the molecule is CCc1ccc(CC(O)C(C)OC)s1. The zero-order chi connectivity index (χ0) is 10.6. The van der Waals surface area contributed by atoms with E-state index in [1.165, 1.54) is 9.75 Å². The van der Waals surface area contributed by atoms with E-state index in [0.717, 1.165) is 6.42 Å². The fourth-order valence-electron chi connectivity index (χ4n) is 1.25. The van der Waals surface area contributed by atoms with Crippen LogP contribution in [-0.2, 0) is 17.6 Å². The molecule has 2 atom stereocenters. The average molecular weight is 214 g/mol. The van der Waals surface area contributed by atoms with Crippen molar-refractivity contribution in [1.29, 1.82) is 0 Å². The van der Waals surface area contributed by atoms with Crippen molar-refractivity contribution >= 4 is 11.3 Å². The number of aryl methyl sites for hydroxylation is 1. The van der Waals surface area contributed by atoms with Crippen LogP contribution in [0.25, 0.3) is 0 Å². The van der Waals surface area contributed by atoms with E-state index in [9.17, 15) is 5.11 Å². The summed E-state index contributed by atoms with van der Waals surface area (Å²) in [4.78, 5) is 2.61. The lowest BCUT2D eigenvalue weighted by molar-refractivity contribution is 0.000790. The number of rotatable bonds is 5. The molecule has 14 heavy (non-hydrogen) atoms. The van der Waals surface area contributed by atoms with E-state index < -0.39 is 6.10 Å². The van der Waals surface area contributed by atoms with Crippen molar-refractivity contribution < 1.29 is 9.84 Å². The van der Waals surface area contributed by atoms with Crippen molar-refractivity contribution in [2.24, 2.45) is 0 Å². The largest absolute Gasteiger partial charge is 0.390 e. The normalized spacial score (nSPS) is 15.4. The highest BCUT2D eigenvalue weighted by molar-refractivity contribution is 7.11. The van der Waals surface area contributed by atoms with E-state index >= 15 is 0 Å². The Hall–Kier alpha value is -0.380. The topological polar surface area (TPSA) is 29.5 Å². The Bertz CT molecular complexity index is 270. The minimum Gasteiger partial charge on any atom is -0.390 e. The van der Waals surface area contributed by atoms with Crippen LogP contribution in [0, 0.1) is 0 Å². The fraction of sp³-hybridized carbons (Fsp3) is 0.636. The maximum absolute atomic E-state index is 9.73. The molecule has 0 bridgehead atoms. The van der Waals surface area contributed by atoms with Crippen LogP contribution in [0.3, 0.4) is 0 Å². The molecule has 0 aliphatic carbocycles. The molecule has 2 unspecified atom stereocenters. The average Bonchev–Trinajstić information content (AvgIpc) is 2.64. The summed E-state index contributed by atoms with van der Waals surface area (Å²) in [5.41, 5.74) is 0. The van der Waals surface area contributed by atoms with Crippen LogP contribution >= 0.6 is 11.3 Å². The molecule has 1 rings (SSSR count). The number of methoxy groups -OCH3 is 1. The smallest absolute Gasteiger partial charge is 0.0847 e. The molecule has 1 aromatic heterocycles. The summed E-state index contributed by atoms with van der Waals surface area (Å²) in [6.07, 6.45) is 1.27. The molecule has 0 aromatic carbocycles. The van der Waals surface area contributed by atoms with Gasteiger partial charge in [0.15, 0.2) is 0 Å². The minimum atomic E-state index is -0.400. The first kappa shape index (κ1) is 11.7. The van der Waals surface area contributed by atoms with Gasteiger partial charge < -0.3 is 9.84 Å². The molecule has 0 amide bonds. The molecular weight excluding hydrogens is 196 g/mol. The molecule has 0 spiro atoms. The molecule has 1 N–H and O–H groups in total. The van der Waals surface area contributed by atoms with Crippen LogP contribution in [-0.4, -0.2) is 24.4 Å². The predicted molar refractivity (Wildman–Crippen MR) is 59.9 cm³/mol. The van der Waals surface area contributed by atoms with Crippen molar-refractivity contribution in [3.8, 4) is 0 Å². The maximum atomic E-state index is 9.73. The molecule has 0 radical (unpaired) electrons. The van der Waals surface area contributed by atoms with Gasteiger partial charge in [0, 0.05) is 23.3 Å². The standard InChI is InChI=1S/C11H18O2S/c1-4-9-5-6-10(14-9)7-11(12)8(2)13-3/h5-6,8,11-12H,4,7H2,1-3H3. The summed E-state index contributed by atoms with van der Waals surface area (Å²) in [5, 5.41) is 9.73. The Labute approximate surface area is 89.5 Å². The first-order valence-electron chi connectivity index (χ1n) is 4.95. The summed E-state index contributed by atoms with van der Waals surface area (Å²) < 4.78 is 5.07. The summed E-state index contributed by atoms with van der Waals surface area (Å²) in [6, 6.07) is 4.22. The number of hydrogen-bond donors (Lipinski definition) is 1. The molecule has 1 heterocycles. The number of hydrogen-bond acceptors (Lipinski definition) is 3. The second-order valence-electron chi connectivity index (χ2n) is 3.43. The van der Waals surface area contributed by atoms with Crippen molar-refractivity contribution in [3.63, 3.8) is 0 Å². The van der Waals surface area contributed by atoms with E-state index in [0.29, 0.717) is 6.42 Å². The van der Waals surface area contributed by atoms with Gasteiger partial charge in [-0.25, -0.2) is 0 Å². The van der Waals surface area contributed by atoms with Gasteiger partial charge in [0.1, 0.15) is 0 Å². The molecule has 0 saturated carbocycles. The third-order valence-corrected chi connectivity index (χ3v) is 3.64. The zero-order valence-corrected chi connectivity index (χ0v) is 9.80. The van der Waals surface area contributed by atoms with Crippen LogP contribution < -0.4 is 0 Å². The highest BCUT2D eigenvalue weighted by Gasteiger charge is 2.14. The van der Waals surface area contributed by atoms with Gasteiger partial charge in [-0.3, -0.25) is 0 Å². The van der Waals surface area contributed by atoms with Crippen molar-refractivity contribution in [2.75, 3.05) is 7.11 Å². The van der Waals surface area contributed by atoms with Crippen molar-refractivity contribution in [1.82, 2.24) is 0 Å². The maximum Gasteiger partial charge on any atom is 0.0847 e. The quantitative estimate of drug-likeness (QED) is 0.814. The molecule has 0 aliphatic heterocycles. The lowest BCUT2D eigenvalue weighted by atomic mass is 10.1. The Kier molecular flexibility index (Phi) is 4.58. The van der Waals surface area contributed by atoms with Gasteiger partial charge >= 0.3 is 0 Å². The van der Waals surface area contributed by atoms with E-state index in [1.807, 2.05) is 6.92 Å². The lowest BCUT2D eigenvalue weighted by Gasteiger charge is -2.16. The minimum absolute atomic E-state index is 0.0952. The van der Waals surface area contributed by atoms with Crippen LogP contribution in [0.5, 0.6) is 0 Å². The molecule has 0 saturated heterocycles. The molecule has 0 fully saturated rings. The van der Waals surface area contributed by atoms with Gasteiger partial charge in [-0.1, -0.05) is 6.92 Å². The highest BCUT2D eigenvalue weighted by Crippen LogP contribution is 2.19. The Morgan fingerprint density at radius 3 is 2.57 bits per heavy atom. The molecule has 2 nitrogen and oxygen atoms in total. The second-order valence-corrected chi connectivity index (χ2v) is 4.69. The van der Waals surface area contributed by atoms with Gasteiger partial charge in [-0.05, 0) is 25.5 Å². The van der Waals surface area contributed by atoms with Gasteiger partial charge in [0.25, 0.3) is 0 Å². The van der Waals surface area contributed by atoms with Gasteiger partial charge in [0.05, 0.1) is 12.2 Å². The predicted octanol–water partition coefficient (Wildman–Crippen LogP) is 2.25. The van der Waals surface area contributed by atoms with Crippen LogP contribution in [0.1, 0.15) is 23.6 Å². The first-order valence-corrected chi connectivity index (χ1v) is 5.77. The number of aliphatic hydroxyl groups is 1. The summed E-state index contributed by atoms with van der Waals surface area (Å²) >= 11 is 1.77. The molecular formula is C11H18O2S. The van der Waals surface area contributed by atoms with Gasteiger partial charge in [-0.15, -0.1) is 11.3 Å². The second kappa shape index (κ2) is 5.49. The van der Waals surface area contributed by atoms with E-state index in [2.05, 4.69) is 19.1 Å². The van der Waals surface area contributed by atoms with Gasteiger partial charge in [0.2, 0.25) is 0 Å². The molecule has 80 valence electrons. The first-order chi connectivity index (χ1) is 6.67. The third-order valence-electron chi connectivity index (χ3n) is 2.39. The number of thiophene rings is 1. The van der Waals surface area contributed by atoms with Crippen LogP contribution in [0.2, 0.25) is 0 Å². The van der Waals surface area contributed by atoms with Gasteiger partial charge in [-0.2, -0.15) is 0 Å². The Morgan fingerprint density at radius 2 is 2.07 bits per heavy atom. The summed E-state index contributed by atoms with van der Waals surface area (Å²) in [6.45, 7) is 4.03. The fourth-order valence-corrected chi connectivity index (χ4v) is 2.26. The zero-order valence-electron chi connectivity index (χ0n) is 8.99. The summed E-state index contributed by atoms with van der Waals surface area (Å²) in [7, 11) is 1.62. The molecule has 3 heteroatoms. The van der Waals surface area contributed by atoms with Crippen molar-refractivity contribution in [2.45, 2.75) is 38.9 Å². The van der Waals surface area contributed by atoms with Crippen LogP contribution in [0.15, 0.2) is 12.1 Å². The monoisotopic (exact) mass is 214 g/mol. The number of ether oxygens (including phenoxy) is 1. The number of aliphatic hydroxyl groups excluding tert-OH is 1. The Morgan fingerprint density at radius 1 is 1.43 bits per heavy atom.